The maximum atomic E-state index is 10.3. The molecule has 2 heterocycles. The quantitative estimate of drug-likeness (QED) is 0.199. The topological polar surface area (TPSA) is 57.4 Å². The Morgan fingerprint density at radius 2 is 0.875 bits per heavy atom. The van der Waals surface area contributed by atoms with Gasteiger partial charge in [-0.05, 0) is 71.3 Å². The van der Waals surface area contributed by atoms with E-state index in [9.17, 15) is 10.5 Å². The van der Waals surface area contributed by atoms with Crippen molar-refractivity contribution in [3.05, 3.63) is 169 Å². The van der Waals surface area contributed by atoms with Crippen molar-refractivity contribution < 1.29 is 0 Å². The Bertz CT molecular complexity index is 2710. The van der Waals surface area contributed by atoms with Crippen LogP contribution in [0.15, 0.2) is 158 Å². The molecule has 48 heavy (non-hydrogen) atoms. The highest BCUT2D eigenvalue weighted by atomic mass is 15.0. The lowest BCUT2D eigenvalue weighted by Crippen LogP contribution is -2.00. The molecule has 0 amide bonds. The van der Waals surface area contributed by atoms with E-state index in [-0.39, 0.29) is 0 Å². The molecule has 0 saturated carbocycles. The molecule has 4 nitrogen and oxygen atoms in total. The Morgan fingerprint density at radius 1 is 0.375 bits per heavy atom. The summed E-state index contributed by atoms with van der Waals surface area (Å²) in [6, 6.07) is 58.8. The van der Waals surface area contributed by atoms with Crippen LogP contribution in [0.5, 0.6) is 0 Å². The average Bonchev–Trinajstić information content (AvgIpc) is 3.67. The molecule has 2 aromatic heterocycles. The van der Waals surface area contributed by atoms with Crippen molar-refractivity contribution in [1.29, 1.82) is 10.5 Å². The van der Waals surface area contributed by atoms with Gasteiger partial charge in [-0.3, -0.25) is 0 Å². The van der Waals surface area contributed by atoms with Gasteiger partial charge in [0.2, 0.25) is 0 Å². The van der Waals surface area contributed by atoms with Crippen molar-refractivity contribution in [2.45, 2.75) is 0 Å². The van der Waals surface area contributed by atoms with Crippen LogP contribution >= 0.6 is 0 Å². The second kappa shape index (κ2) is 10.9. The zero-order valence-corrected chi connectivity index (χ0v) is 25.8. The maximum Gasteiger partial charge on any atom is 0.101 e. The van der Waals surface area contributed by atoms with E-state index in [0.717, 1.165) is 66.5 Å². The van der Waals surface area contributed by atoms with Crippen molar-refractivity contribution in [1.82, 2.24) is 9.13 Å². The van der Waals surface area contributed by atoms with E-state index in [0.29, 0.717) is 11.1 Å². The summed E-state index contributed by atoms with van der Waals surface area (Å²) in [5.74, 6) is 0. The molecule has 0 saturated heterocycles. The van der Waals surface area contributed by atoms with Gasteiger partial charge in [0, 0.05) is 27.1 Å². The summed E-state index contributed by atoms with van der Waals surface area (Å²) in [6.07, 6.45) is 0. The number of nitriles is 2. The maximum absolute atomic E-state index is 10.3. The van der Waals surface area contributed by atoms with Crippen LogP contribution in [0, 0.1) is 22.7 Å². The number of rotatable bonds is 4. The van der Waals surface area contributed by atoms with Crippen molar-refractivity contribution in [3.63, 3.8) is 0 Å². The monoisotopic (exact) mass is 610 g/mol. The molecule has 0 bridgehead atoms. The first-order chi connectivity index (χ1) is 23.7. The third-order valence-corrected chi connectivity index (χ3v) is 9.41. The second-order valence-corrected chi connectivity index (χ2v) is 12.0. The first kappa shape index (κ1) is 27.4. The lowest BCUT2D eigenvalue weighted by atomic mass is 9.91. The summed E-state index contributed by atoms with van der Waals surface area (Å²) < 4.78 is 4.52. The highest BCUT2D eigenvalue weighted by Gasteiger charge is 2.20. The number of aromatic nitrogens is 2. The fourth-order valence-corrected chi connectivity index (χ4v) is 7.33. The third kappa shape index (κ3) is 4.07. The van der Waals surface area contributed by atoms with E-state index < -0.39 is 0 Å². The molecule has 0 aliphatic heterocycles. The van der Waals surface area contributed by atoms with Gasteiger partial charge in [0.05, 0.1) is 50.6 Å². The molecule has 4 heteroatoms. The Labute approximate surface area is 277 Å². The summed E-state index contributed by atoms with van der Waals surface area (Å²) in [6.45, 7) is 0. The van der Waals surface area contributed by atoms with Crippen LogP contribution in [-0.2, 0) is 0 Å². The Balaban J connectivity index is 1.32. The van der Waals surface area contributed by atoms with Gasteiger partial charge in [-0.1, -0.05) is 103 Å². The van der Waals surface area contributed by atoms with Crippen LogP contribution in [0.3, 0.4) is 0 Å². The molecule has 7 aromatic carbocycles. The van der Waals surface area contributed by atoms with Crippen molar-refractivity contribution in [3.8, 4) is 45.8 Å². The van der Waals surface area contributed by atoms with Crippen molar-refractivity contribution >= 4 is 43.6 Å². The van der Waals surface area contributed by atoms with E-state index >= 15 is 0 Å². The normalized spacial score (nSPS) is 11.3. The van der Waals surface area contributed by atoms with Crippen molar-refractivity contribution in [2.75, 3.05) is 0 Å². The molecule has 0 radical (unpaired) electrons. The van der Waals surface area contributed by atoms with E-state index in [4.69, 9.17) is 0 Å². The van der Waals surface area contributed by atoms with Crippen molar-refractivity contribution in [2.24, 2.45) is 0 Å². The van der Waals surface area contributed by atoms with Gasteiger partial charge in [-0.15, -0.1) is 0 Å². The van der Waals surface area contributed by atoms with E-state index in [1.165, 1.54) is 10.8 Å². The van der Waals surface area contributed by atoms with Gasteiger partial charge in [-0.2, -0.15) is 10.5 Å². The minimum atomic E-state index is 0.585. The molecule has 0 atom stereocenters. The first-order valence-corrected chi connectivity index (χ1v) is 15.9. The van der Waals surface area contributed by atoms with Gasteiger partial charge in [0.15, 0.2) is 0 Å². The summed E-state index contributed by atoms with van der Waals surface area (Å²) in [5, 5.41) is 25.1. The highest BCUT2D eigenvalue weighted by molar-refractivity contribution is 6.11. The average molecular weight is 611 g/mol. The van der Waals surface area contributed by atoms with Crippen LogP contribution in [0.4, 0.5) is 0 Å². The van der Waals surface area contributed by atoms with Crippen LogP contribution in [-0.4, -0.2) is 9.13 Å². The number of hydrogen-bond donors (Lipinski definition) is 0. The summed E-state index contributed by atoms with van der Waals surface area (Å²) >= 11 is 0. The lowest BCUT2D eigenvalue weighted by molar-refractivity contribution is 1.17. The minimum absolute atomic E-state index is 0.585. The summed E-state index contributed by atoms with van der Waals surface area (Å²) in [5.41, 5.74) is 11.3. The third-order valence-electron chi connectivity index (χ3n) is 9.41. The van der Waals surface area contributed by atoms with Crippen LogP contribution in [0.25, 0.3) is 77.2 Å². The predicted octanol–water partition coefficient (Wildman–Crippen LogP) is 11.0. The molecule has 0 spiro atoms. The molecular weight excluding hydrogens is 585 g/mol. The molecule has 0 aliphatic carbocycles. The zero-order chi connectivity index (χ0) is 32.2. The smallest absolute Gasteiger partial charge is 0.101 e. The number of hydrogen-bond acceptors (Lipinski definition) is 2. The Morgan fingerprint density at radius 3 is 1.42 bits per heavy atom. The number of fused-ring (bicyclic) bond motifs is 6. The summed E-state index contributed by atoms with van der Waals surface area (Å²) in [7, 11) is 0. The van der Waals surface area contributed by atoms with E-state index in [1.54, 1.807) is 0 Å². The Hall–Kier alpha value is -6.88. The molecule has 9 aromatic rings. The van der Waals surface area contributed by atoms with Crippen LogP contribution in [0.2, 0.25) is 0 Å². The number of benzene rings is 7. The van der Waals surface area contributed by atoms with Gasteiger partial charge >= 0.3 is 0 Å². The van der Waals surface area contributed by atoms with E-state index in [1.807, 2.05) is 42.5 Å². The highest BCUT2D eigenvalue weighted by Crippen LogP contribution is 2.41. The largest absolute Gasteiger partial charge is 0.309 e. The summed E-state index contributed by atoms with van der Waals surface area (Å²) in [4.78, 5) is 0. The number of para-hydroxylation sites is 5. The fourth-order valence-electron chi connectivity index (χ4n) is 7.33. The molecule has 9 rings (SSSR count). The van der Waals surface area contributed by atoms with Gasteiger partial charge in [0.1, 0.15) is 6.07 Å². The molecule has 222 valence electrons. The van der Waals surface area contributed by atoms with Gasteiger partial charge < -0.3 is 9.13 Å². The van der Waals surface area contributed by atoms with Gasteiger partial charge in [0.25, 0.3) is 0 Å². The predicted molar refractivity (Wildman–Crippen MR) is 195 cm³/mol. The fraction of sp³-hybridized carbons (Fsp3) is 0. The molecule has 0 fully saturated rings. The van der Waals surface area contributed by atoms with Crippen LogP contribution < -0.4 is 0 Å². The molecule has 0 N–H and O–H groups in total. The second-order valence-electron chi connectivity index (χ2n) is 12.0. The SMILES string of the molecule is N#Cc1ccc(-c2ccc(C#N)c(-n3c4ccccc4c4ccccc43)c2)c(-c2ccccc2-n2c3ccccc3c3ccccc32)c1. The van der Waals surface area contributed by atoms with E-state index in [2.05, 4.69) is 137 Å². The molecular formula is C44H26N4. The molecule has 0 unspecified atom stereocenters. The van der Waals surface area contributed by atoms with Gasteiger partial charge in [-0.25, -0.2) is 0 Å². The van der Waals surface area contributed by atoms with Crippen LogP contribution in [0.1, 0.15) is 11.1 Å². The lowest BCUT2D eigenvalue weighted by Gasteiger charge is -2.18. The minimum Gasteiger partial charge on any atom is -0.309 e. The molecule has 0 aliphatic rings. The number of nitrogens with zero attached hydrogens (tertiary/aromatic N) is 4. The first-order valence-electron chi connectivity index (χ1n) is 15.9. The zero-order valence-electron chi connectivity index (χ0n) is 25.8. The Kier molecular flexibility index (Phi) is 6.22. The standard InChI is InChI=1S/C44H26N4/c45-27-29-21-24-32(30-22-23-31(28-46)44(26-30)48-41-18-8-3-13-35(41)36-14-4-9-19-42(36)48)38(25-29)37-15-5-10-20-43(37)47-39-16-6-1-11-33(39)34-12-2-7-17-40(34)47/h1-26H.